The van der Waals surface area contributed by atoms with Gasteiger partial charge < -0.3 is 10.5 Å². The van der Waals surface area contributed by atoms with Crippen LogP contribution in [0.25, 0.3) is 0 Å². The molecule has 0 spiro atoms. The van der Waals surface area contributed by atoms with Crippen LogP contribution >= 0.6 is 0 Å². The number of sulfonamides is 1. The molecular formula is C23H29N3O4S. The lowest BCUT2D eigenvalue weighted by Gasteiger charge is -2.27. The number of carbonyl (C=O) groups is 1. The first-order chi connectivity index (χ1) is 14.7. The van der Waals surface area contributed by atoms with E-state index in [4.69, 9.17) is 10.5 Å². The van der Waals surface area contributed by atoms with Crippen LogP contribution in [0.3, 0.4) is 0 Å². The highest BCUT2D eigenvalue weighted by molar-refractivity contribution is 7.92. The molecule has 1 aliphatic carbocycles. The summed E-state index contributed by atoms with van der Waals surface area (Å²) in [6.07, 6.45) is 2.20. The number of nitrogens with zero attached hydrogens (tertiary/aromatic N) is 1. The first kappa shape index (κ1) is 21.6. The molecule has 0 radical (unpaired) electrons. The van der Waals surface area contributed by atoms with Crippen LogP contribution in [0.1, 0.15) is 29.3 Å². The summed E-state index contributed by atoms with van der Waals surface area (Å²) in [4.78, 5) is 13.9. The van der Waals surface area contributed by atoms with Gasteiger partial charge in [-0.3, -0.25) is 14.4 Å². The smallest absolute Gasteiger partial charge is 0.252 e. The number of nitrogens with two attached hydrogens (primary N) is 1. The Kier molecular flexibility index (Phi) is 5.70. The minimum Gasteiger partial charge on any atom is -0.491 e. The van der Waals surface area contributed by atoms with Gasteiger partial charge in [-0.25, -0.2) is 8.42 Å². The fourth-order valence-corrected chi connectivity index (χ4v) is 5.88. The molecule has 8 heteroatoms. The largest absolute Gasteiger partial charge is 0.491 e. The monoisotopic (exact) mass is 443 g/mol. The van der Waals surface area contributed by atoms with E-state index in [1.165, 1.54) is 11.8 Å². The zero-order chi connectivity index (χ0) is 22.2. The number of primary amides is 1. The fraction of sp³-hybridized carbons (Fsp3) is 0.435. The molecule has 3 N–H and O–H groups in total. The van der Waals surface area contributed by atoms with Crippen LogP contribution in [0.4, 0.5) is 5.69 Å². The molecule has 0 aromatic heterocycles. The number of hydrogen-bond donors (Lipinski definition) is 2. The number of para-hydroxylation sites is 1. The minimum atomic E-state index is -3.30. The number of nitrogens with one attached hydrogen (secondary N) is 1. The summed E-state index contributed by atoms with van der Waals surface area (Å²) in [5, 5.41) is 0. The van der Waals surface area contributed by atoms with Crippen molar-refractivity contribution >= 4 is 21.6 Å². The molecule has 1 amide bonds. The third-order valence-electron chi connectivity index (χ3n) is 6.72. The third-order valence-corrected chi connectivity index (χ3v) is 7.32. The van der Waals surface area contributed by atoms with Gasteiger partial charge in [-0.2, -0.15) is 0 Å². The van der Waals surface area contributed by atoms with E-state index >= 15 is 0 Å². The topological polar surface area (TPSA) is 102 Å². The van der Waals surface area contributed by atoms with E-state index in [0.29, 0.717) is 35.4 Å². The Morgan fingerprint density at radius 2 is 1.90 bits per heavy atom. The lowest BCUT2D eigenvalue weighted by molar-refractivity contribution is 0.0995. The summed E-state index contributed by atoms with van der Waals surface area (Å²) in [5.41, 5.74) is 7.76. The molecule has 2 atom stereocenters. The molecule has 1 saturated heterocycles. The van der Waals surface area contributed by atoms with E-state index in [-0.39, 0.29) is 5.41 Å². The molecule has 1 saturated carbocycles. The molecular weight excluding hydrogens is 414 g/mol. The van der Waals surface area contributed by atoms with E-state index < -0.39 is 15.9 Å². The van der Waals surface area contributed by atoms with Gasteiger partial charge >= 0.3 is 0 Å². The van der Waals surface area contributed by atoms with E-state index in [1.54, 1.807) is 24.3 Å². The Morgan fingerprint density at radius 3 is 2.55 bits per heavy atom. The van der Waals surface area contributed by atoms with Crippen molar-refractivity contribution in [1.82, 2.24) is 4.90 Å². The number of hydrogen-bond acceptors (Lipinski definition) is 5. The average molecular weight is 444 g/mol. The molecule has 2 aliphatic rings. The van der Waals surface area contributed by atoms with Crippen LogP contribution in [0.5, 0.6) is 5.75 Å². The number of benzene rings is 2. The molecule has 166 valence electrons. The maximum atomic E-state index is 11.6. The van der Waals surface area contributed by atoms with E-state index in [0.717, 1.165) is 26.1 Å². The number of rotatable bonds is 9. The maximum absolute atomic E-state index is 11.6. The fourth-order valence-electron chi connectivity index (χ4n) is 5.32. The molecule has 1 aliphatic heterocycles. The second kappa shape index (κ2) is 8.16. The van der Waals surface area contributed by atoms with Crippen molar-refractivity contribution in [2.45, 2.75) is 18.8 Å². The molecule has 0 bridgehead atoms. The van der Waals surface area contributed by atoms with Crippen molar-refractivity contribution < 1.29 is 17.9 Å². The highest BCUT2D eigenvalue weighted by Crippen LogP contribution is 2.65. The van der Waals surface area contributed by atoms with Gasteiger partial charge in [-0.05, 0) is 48.1 Å². The number of ether oxygens (including phenoxy) is 1. The molecule has 4 rings (SSSR count). The summed E-state index contributed by atoms with van der Waals surface area (Å²) in [5.74, 6) is 1.16. The number of amides is 1. The van der Waals surface area contributed by atoms with Crippen LogP contribution in [-0.4, -0.2) is 51.7 Å². The number of anilines is 1. The summed E-state index contributed by atoms with van der Waals surface area (Å²) < 4.78 is 31.6. The highest BCUT2D eigenvalue weighted by Gasteiger charge is 2.67. The van der Waals surface area contributed by atoms with Gasteiger partial charge in [0, 0.05) is 30.7 Å². The summed E-state index contributed by atoms with van der Waals surface area (Å²) in [6, 6.07) is 14.9. The van der Waals surface area contributed by atoms with Gasteiger partial charge in [-0.1, -0.05) is 31.2 Å². The van der Waals surface area contributed by atoms with Gasteiger partial charge in [0.2, 0.25) is 10.0 Å². The Labute approximate surface area is 183 Å². The Morgan fingerprint density at radius 1 is 1.19 bits per heavy atom. The number of carbonyl (C=O) groups excluding carboxylic acids is 1. The van der Waals surface area contributed by atoms with Gasteiger partial charge in [-0.15, -0.1) is 0 Å². The predicted octanol–water partition coefficient (Wildman–Crippen LogP) is 2.45. The molecule has 1 heterocycles. The number of fused-ring (bicyclic) bond motifs is 1. The quantitative estimate of drug-likeness (QED) is 0.620. The Balaban J connectivity index is 1.36. The van der Waals surface area contributed by atoms with Crippen LogP contribution in [0, 0.1) is 11.8 Å². The van der Waals surface area contributed by atoms with Gasteiger partial charge in [0.15, 0.2) is 0 Å². The minimum absolute atomic E-state index is 0.116. The second-order valence-corrected chi connectivity index (χ2v) is 10.3. The Bertz CT molecular complexity index is 1070. The SMILES string of the molecule is CCC1(c2cccc(NS(C)(=O)=O)c2)C2CN(CCOc3ccccc3C(N)=O)CC21. The molecule has 2 unspecified atom stereocenters. The standard InChI is InChI=1S/C23H29N3O4S/c1-3-23(16-7-6-8-17(13-16)25-31(2,28)29)19-14-26(15-20(19)23)11-12-30-21-10-5-4-9-18(21)22(24)27/h4-10,13,19-20,25H,3,11-12,14-15H2,1-2H3,(H2,24,27). The zero-order valence-corrected chi connectivity index (χ0v) is 18.7. The van der Waals surface area contributed by atoms with E-state index in [9.17, 15) is 13.2 Å². The highest BCUT2D eigenvalue weighted by atomic mass is 32.2. The maximum Gasteiger partial charge on any atom is 0.252 e. The van der Waals surface area contributed by atoms with E-state index in [1.807, 2.05) is 18.2 Å². The van der Waals surface area contributed by atoms with Crippen LogP contribution in [0.15, 0.2) is 48.5 Å². The molecule has 7 nitrogen and oxygen atoms in total. The second-order valence-electron chi connectivity index (χ2n) is 8.53. The van der Waals surface area contributed by atoms with Crippen molar-refractivity contribution in [2.75, 3.05) is 37.2 Å². The summed E-state index contributed by atoms with van der Waals surface area (Å²) in [7, 11) is -3.30. The molecule has 2 aromatic rings. The molecule has 2 fully saturated rings. The lowest BCUT2D eigenvalue weighted by atomic mass is 9.87. The van der Waals surface area contributed by atoms with E-state index in [2.05, 4.69) is 22.6 Å². The molecule has 2 aromatic carbocycles. The number of likely N-dealkylation sites (tertiary alicyclic amines) is 1. The predicted molar refractivity (Wildman–Crippen MR) is 121 cm³/mol. The summed E-state index contributed by atoms with van der Waals surface area (Å²) in [6.45, 7) is 5.47. The molecule has 31 heavy (non-hydrogen) atoms. The van der Waals surface area contributed by atoms with Crippen molar-refractivity contribution in [3.8, 4) is 5.75 Å². The average Bonchev–Trinajstić information content (AvgIpc) is 3.09. The van der Waals surface area contributed by atoms with Crippen LogP contribution in [-0.2, 0) is 15.4 Å². The van der Waals surface area contributed by atoms with Gasteiger partial charge in [0.05, 0.1) is 11.8 Å². The van der Waals surface area contributed by atoms with Crippen molar-refractivity contribution in [3.63, 3.8) is 0 Å². The van der Waals surface area contributed by atoms with Crippen molar-refractivity contribution in [1.29, 1.82) is 0 Å². The first-order valence-electron chi connectivity index (χ1n) is 10.6. The Hall–Kier alpha value is -2.58. The van der Waals surface area contributed by atoms with Crippen molar-refractivity contribution in [2.24, 2.45) is 17.6 Å². The van der Waals surface area contributed by atoms with Crippen molar-refractivity contribution in [3.05, 3.63) is 59.7 Å². The van der Waals surface area contributed by atoms with Gasteiger partial charge in [0.1, 0.15) is 12.4 Å². The summed E-state index contributed by atoms with van der Waals surface area (Å²) >= 11 is 0. The van der Waals surface area contributed by atoms with Crippen LogP contribution < -0.4 is 15.2 Å². The van der Waals surface area contributed by atoms with Crippen LogP contribution in [0.2, 0.25) is 0 Å². The van der Waals surface area contributed by atoms with Gasteiger partial charge in [0.25, 0.3) is 5.91 Å². The lowest BCUT2D eigenvalue weighted by Crippen LogP contribution is -2.33. The zero-order valence-electron chi connectivity index (χ0n) is 17.9. The normalized spacial score (nSPS) is 25.1. The third kappa shape index (κ3) is 4.27. The first-order valence-corrected chi connectivity index (χ1v) is 12.5. The number of piperidine rings is 1.